The van der Waals surface area contributed by atoms with Gasteiger partial charge in [-0.05, 0) is 36.6 Å². The number of aromatic nitrogens is 4. The Morgan fingerprint density at radius 1 is 1.08 bits per heavy atom. The summed E-state index contributed by atoms with van der Waals surface area (Å²) in [5.41, 5.74) is 0.172. The molecule has 0 bridgehead atoms. The van der Waals surface area contributed by atoms with Crippen molar-refractivity contribution in [3.63, 3.8) is 0 Å². The van der Waals surface area contributed by atoms with Crippen LogP contribution >= 0.6 is 0 Å². The minimum absolute atomic E-state index is 0.00768. The van der Waals surface area contributed by atoms with Crippen LogP contribution in [0.1, 0.15) is 41.5 Å². The third-order valence-corrected chi connectivity index (χ3v) is 4.16. The average Bonchev–Trinajstić information content (AvgIpc) is 3.36. The third kappa shape index (κ3) is 3.26. The first-order chi connectivity index (χ1) is 12.0. The second-order valence-corrected chi connectivity index (χ2v) is 6.13. The lowest BCUT2D eigenvalue weighted by Crippen LogP contribution is -2.13. The van der Waals surface area contributed by atoms with Crippen LogP contribution in [-0.2, 0) is 12.6 Å². The molecule has 4 nitrogen and oxygen atoms in total. The third-order valence-electron chi connectivity index (χ3n) is 4.16. The van der Waals surface area contributed by atoms with Crippen LogP contribution in [0.5, 0.6) is 0 Å². The van der Waals surface area contributed by atoms with Crippen LogP contribution < -0.4 is 0 Å². The summed E-state index contributed by atoms with van der Waals surface area (Å²) in [5.74, 6) is 1.37. The van der Waals surface area contributed by atoms with Crippen molar-refractivity contribution in [3.05, 3.63) is 71.6 Å². The summed E-state index contributed by atoms with van der Waals surface area (Å²) < 4.78 is 41.5. The van der Waals surface area contributed by atoms with E-state index in [1.165, 1.54) is 16.8 Å². The first kappa shape index (κ1) is 15.8. The molecular formula is C18H15F3N4. The van der Waals surface area contributed by atoms with E-state index >= 15 is 0 Å². The molecule has 1 aliphatic rings. The van der Waals surface area contributed by atoms with Gasteiger partial charge in [-0.1, -0.05) is 18.2 Å². The highest BCUT2D eigenvalue weighted by Crippen LogP contribution is 2.39. The Morgan fingerprint density at radius 3 is 2.56 bits per heavy atom. The molecule has 3 aromatic rings. The lowest BCUT2D eigenvalue weighted by molar-refractivity contribution is -0.137. The number of rotatable bonds is 4. The highest BCUT2D eigenvalue weighted by molar-refractivity contribution is 5.43. The first-order valence-corrected chi connectivity index (χ1v) is 8.04. The van der Waals surface area contributed by atoms with Gasteiger partial charge < -0.3 is 0 Å². The number of para-hydroxylation sites is 1. The maximum Gasteiger partial charge on any atom is 0.418 e. The van der Waals surface area contributed by atoms with Crippen molar-refractivity contribution in [2.75, 3.05) is 0 Å². The summed E-state index contributed by atoms with van der Waals surface area (Å²) in [6.07, 6.45) is 1.23. The summed E-state index contributed by atoms with van der Waals surface area (Å²) in [6, 6.07) is 9.13. The van der Waals surface area contributed by atoms with Gasteiger partial charge in [0.15, 0.2) is 5.82 Å². The largest absolute Gasteiger partial charge is 0.418 e. The van der Waals surface area contributed by atoms with E-state index in [1.807, 2.05) is 6.07 Å². The van der Waals surface area contributed by atoms with E-state index in [4.69, 9.17) is 0 Å². The minimum atomic E-state index is -4.45. The Labute approximate surface area is 142 Å². The molecule has 0 atom stereocenters. The number of pyridine rings is 1. The molecule has 0 radical (unpaired) electrons. The zero-order valence-corrected chi connectivity index (χ0v) is 13.2. The van der Waals surface area contributed by atoms with E-state index in [9.17, 15) is 13.2 Å². The summed E-state index contributed by atoms with van der Waals surface area (Å²) >= 11 is 0. The normalized spacial score (nSPS) is 14.7. The molecule has 1 fully saturated rings. The number of nitrogens with zero attached hydrogens (tertiary/aromatic N) is 4. The molecule has 1 aromatic carbocycles. The SMILES string of the molecule is FC(F)(F)c1ccccc1-n1nc(C2CC2)nc1Cc1cccnc1. The molecule has 0 aliphatic heterocycles. The van der Waals surface area contributed by atoms with Crippen LogP contribution in [0, 0.1) is 0 Å². The van der Waals surface area contributed by atoms with Gasteiger partial charge in [-0.2, -0.15) is 18.3 Å². The van der Waals surface area contributed by atoms with Gasteiger partial charge in [0.25, 0.3) is 0 Å². The predicted molar refractivity (Wildman–Crippen MR) is 85.4 cm³/mol. The van der Waals surface area contributed by atoms with Gasteiger partial charge in [0.05, 0.1) is 11.3 Å². The molecule has 7 heteroatoms. The number of alkyl halides is 3. The van der Waals surface area contributed by atoms with Gasteiger partial charge in [-0.15, -0.1) is 0 Å². The Kier molecular flexibility index (Phi) is 3.78. The van der Waals surface area contributed by atoms with Crippen molar-refractivity contribution in [2.24, 2.45) is 0 Å². The Balaban J connectivity index is 1.81. The molecule has 0 saturated heterocycles. The molecular weight excluding hydrogens is 329 g/mol. The first-order valence-electron chi connectivity index (χ1n) is 8.04. The van der Waals surface area contributed by atoms with E-state index in [2.05, 4.69) is 15.1 Å². The number of benzene rings is 1. The fourth-order valence-corrected chi connectivity index (χ4v) is 2.77. The number of hydrogen-bond acceptors (Lipinski definition) is 3. The van der Waals surface area contributed by atoms with Gasteiger partial charge in [0, 0.05) is 24.7 Å². The number of hydrogen-bond donors (Lipinski definition) is 0. The van der Waals surface area contributed by atoms with E-state index in [0.29, 0.717) is 18.1 Å². The van der Waals surface area contributed by atoms with E-state index in [-0.39, 0.29) is 11.6 Å². The van der Waals surface area contributed by atoms with E-state index < -0.39 is 11.7 Å². The van der Waals surface area contributed by atoms with Crippen LogP contribution in [0.3, 0.4) is 0 Å². The van der Waals surface area contributed by atoms with Crippen LogP contribution in [0.4, 0.5) is 13.2 Å². The van der Waals surface area contributed by atoms with Crippen LogP contribution in [0.15, 0.2) is 48.8 Å². The monoisotopic (exact) mass is 344 g/mol. The molecule has 0 N–H and O–H groups in total. The van der Waals surface area contributed by atoms with Crippen molar-refractivity contribution in [1.82, 2.24) is 19.7 Å². The summed E-state index contributed by atoms with van der Waals surface area (Å²) in [6.45, 7) is 0. The Bertz CT molecular complexity index is 883. The molecule has 0 spiro atoms. The number of halogens is 3. The average molecular weight is 344 g/mol. The fraction of sp³-hybridized carbons (Fsp3) is 0.278. The zero-order valence-electron chi connectivity index (χ0n) is 13.2. The smallest absolute Gasteiger partial charge is 0.264 e. The fourth-order valence-electron chi connectivity index (χ4n) is 2.77. The molecule has 2 aromatic heterocycles. The highest BCUT2D eigenvalue weighted by Gasteiger charge is 2.35. The maximum absolute atomic E-state index is 13.4. The molecule has 0 unspecified atom stereocenters. The van der Waals surface area contributed by atoms with Crippen molar-refractivity contribution in [3.8, 4) is 5.69 Å². The van der Waals surface area contributed by atoms with Crippen molar-refractivity contribution < 1.29 is 13.2 Å². The van der Waals surface area contributed by atoms with Gasteiger partial charge in [-0.25, -0.2) is 9.67 Å². The van der Waals surface area contributed by atoms with Crippen LogP contribution in [0.2, 0.25) is 0 Å². The molecule has 1 saturated carbocycles. The summed E-state index contributed by atoms with van der Waals surface area (Å²) in [4.78, 5) is 8.58. The molecule has 25 heavy (non-hydrogen) atoms. The van der Waals surface area contributed by atoms with E-state index in [1.54, 1.807) is 24.5 Å². The Hall–Kier alpha value is -2.70. The van der Waals surface area contributed by atoms with Crippen LogP contribution in [0.25, 0.3) is 5.69 Å². The Morgan fingerprint density at radius 2 is 1.88 bits per heavy atom. The predicted octanol–water partition coefficient (Wildman–Crippen LogP) is 4.15. The lowest BCUT2D eigenvalue weighted by Gasteiger charge is -2.13. The second kappa shape index (κ2) is 5.98. The summed E-state index contributed by atoms with van der Waals surface area (Å²) in [7, 11) is 0. The zero-order chi connectivity index (χ0) is 17.4. The van der Waals surface area contributed by atoms with Crippen molar-refractivity contribution in [2.45, 2.75) is 31.4 Å². The van der Waals surface area contributed by atoms with Crippen molar-refractivity contribution in [1.29, 1.82) is 0 Å². The standard InChI is InChI=1S/C18H15F3N4/c19-18(20,21)14-5-1-2-6-15(14)25-16(10-12-4-3-9-22-11-12)23-17(24-25)13-7-8-13/h1-6,9,11,13H,7-8,10H2. The molecule has 2 heterocycles. The highest BCUT2D eigenvalue weighted by atomic mass is 19.4. The molecule has 4 rings (SSSR count). The lowest BCUT2D eigenvalue weighted by atomic mass is 10.1. The van der Waals surface area contributed by atoms with Gasteiger partial charge in [-0.3, -0.25) is 4.98 Å². The summed E-state index contributed by atoms with van der Waals surface area (Å²) in [5, 5.41) is 4.40. The topological polar surface area (TPSA) is 43.6 Å². The van der Waals surface area contributed by atoms with Crippen molar-refractivity contribution >= 4 is 0 Å². The second-order valence-electron chi connectivity index (χ2n) is 6.13. The van der Waals surface area contributed by atoms with Crippen LogP contribution in [-0.4, -0.2) is 19.7 Å². The molecule has 1 aliphatic carbocycles. The molecule has 128 valence electrons. The quantitative estimate of drug-likeness (QED) is 0.714. The van der Waals surface area contributed by atoms with Gasteiger partial charge in [0.1, 0.15) is 5.82 Å². The van der Waals surface area contributed by atoms with Gasteiger partial charge in [0.2, 0.25) is 0 Å². The minimum Gasteiger partial charge on any atom is -0.264 e. The van der Waals surface area contributed by atoms with E-state index in [0.717, 1.165) is 24.5 Å². The molecule has 0 amide bonds. The van der Waals surface area contributed by atoms with Gasteiger partial charge >= 0.3 is 6.18 Å². The maximum atomic E-state index is 13.4.